The fraction of sp³-hybridized carbons (Fsp3) is 0.167. The summed E-state index contributed by atoms with van der Waals surface area (Å²) in [5.74, 6) is 0. The maximum Gasteiger partial charge on any atom is 0.0451 e. The molecule has 0 unspecified atom stereocenters. The zero-order valence-corrected chi connectivity index (χ0v) is 10.0. The predicted molar refractivity (Wildman–Crippen MR) is 67.8 cm³/mol. The Labute approximate surface area is 98.7 Å². The van der Waals surface area contributed by atoms with Gasteiger partial charge in [0.25, 0.3) is 0 Å². The van der Waals surface area contributed by atoms with Crippen LogP contribution in [0.5, 0.6) is 0 Å². The van der Waals surface area contributed by atoms with Crippen LogP contribution in [0.25, 0.3) is 0 Å². The molecular weight excluding hydrogens is 226 g/mol. The van der Waals surface area contributed by atoms with Gasteiger partial charge in [-0.2, -0.15) is 11.3 Å². The van der Waals surface area contributed by atoms with E-state index in [0.29, 0.717) is 0 Å². The zero-order chi connectivity index (χ0) is 10.7. The van der Waals surface area contributed by atoms with Crippen LogP contribution in [0.1, 0.15) is 11.1 Å². The van der Waals surface area contributed by atoms with Gasteiger partial charge in [-0.25, -0.2) is 0 Å². The van der Waals surface area contributed by atoms with Gasteiger partial charge in [-0.15, -0.1) is 0 Å². The van der Waals surface area contributed by atoms with Crippen molar-refractivity contribution in [1.29, 1.82) is 0 Å². The van der Waals surface area contributed by atoms with Crippen LogP contribution in [0.4, 0.5) is 5.69 Å². The molecule has 0 saturated heterocycles. The van der Waals surface area contributed by atoms with Crippen LogP contribution in [-0.2, 0) is 6.54 Å². The number of hydrogen-bond acceptors (Lipinski definition) is 2. The summed E-state index contributed by atoms with van der Waals surface area (Å²) in [5.41, 5.74) is 3.69. The lowest BCUT2D eigenvalue weighted by molar-refractivity contribution is 1.12. The van der Waals surface area contributed by atoms with E-state index in [0.717, 1.165) is 11.6 Å². The van der Waals surface area contributed by atoms with E-state index in [4.69, 9.17) is 11.6 Å². The third-order valence-electron chi connectivity index (χ3n) is 2.31. The van der Waals surface area contributed by atoms with E-state index < -0.39 is 0 Å². The first kappa shape index (κ1) is 10.5. The largest absolute Gasteiger partial charge is 0.380 e. The van der Waals surface area contributed by atoms with Crippen molar-refractivity contribution in [3.63, 3.8) is 0 Å². The molecule has 2 rings (SSSR count). The Balaban J connectivity index is 2.05. The SMILES string of the molecule is Cc1cc(Cl)ccc1CNc1ccsc1. The molecule has 0 amide bonds. The van der Waals surface area contributed by atoms with Gasteiger partial charge < -0.3 is 5.32 Å². The summed E-state index contributed by atoms with van der Waals surface area (Å²) in [6.45, 7) is 2.93. The third-order valence-corrected chi connectivity index (χ3v) is 3.23. The van der Waals surface area contributed by atoms with Crippen molar-refractivity contribution in [2.24, 2.45) is 0 Å². The van der Waals surface area contributed by atoms with Crippen molar-refractivity contribution >= 4 is 28.6 Å². The topological polar surface area (TPSA) is 12.0 Å². The van der Waals surface area contributed by atoms with Gasteiger partial charge in [0.15, 0.2) is 0 Å². The highest BCUT2D eigenvalue weighted by Crippen LogP contribution is 2.18. The van der Waals surface area contributed by atoms with Gasteiger partial charge in [-0.3, -0.25) is 0 Å². The standard InChI is InChI=1S/C12H12ClNS/c1-9-6-11(13)3-2-10(9)7-14-12-4-5-15-8-12/h2-6,8,14H,7H2,1H3. The van der Waals surface area contributed by atoms with Crippen LogP contribution in [0.15, 0.2) is 35.0 Å². The minimum Gasteiger partial charge on any atom is -0.380 e. The van der Waals surface area contributed by atoms with E-state index in [9.17, 15) is 0 Å². The maximum absolute atomic E-state index is 5.90. The first-order chi connectivity index (χ1) is 7.25. The van der Waals surface area contributed by atoms with Crippen molar-refractivity contribution in [2.45, 2.75) is 13.5 Å². The molecule has 3 heteroatoms. The van der Waals surface area contributed by atoms with Crippen molar-refractivity contribution in [3.8, 4) is 0 Å². The molecule has 1 nitrogen and oxygen atoms in total. The van der Waals surface area contributed by atoms with Crippen LogP contribution in [0, 0.1) is 6.92 Å². The van der Waals surface area contributed by atoms with E-state index in [1.807, 2.05) is 12.1 Å². The zero-order valence-electron chi connectivity index (χ0n) is 8.46. The second-order valence-electron chi connectivity index (χ2n) is 3.44. The summed E-state index contributed by atoms with van der Waals surface area (Å²) in [7, 11) is 0. The number of rotatable bonds is 3. The van der Waals surface area contributed by atoms with Crippen molar-refractivity contribution in [1.82, 2.24) is 0 Å². The Morgan fingerprint density at radius 1 is 1.33 bits per heavy atom. The minimum atomic E-state index is 0.798. The Bertz CT molecular complexity index is 437. The lowest BCUT2D eigenvalue weighted by atomic mass is 10.1. The minimum absolute atomic E-state index is 0.798. The van der Waals surface area contributed by atoms with E-state index in [-0.39, 0.29) is 0 Å². The quantitative estimate of drug-likeness (QED) is 0.838. The Hall–Kier alpha value is -0.990. The van der Waals surface area contributed by atoms with E-state index >= 15 is 0 Å². The van der Waals surface area contributed by atoms with Crippen LogP contribution < -0.4 is 5.32 Å². The Morgan fingerprint density at radius 2 is 2.20 bits per heavy atom. The number of hydrogen-bond donors (Lipinski definition) is 1. The highest BCUT2D eigenvalue weighted by molar-refractivity contribution is 7.08. The molecule has 0 atom stereocenters. The van der Waals surface area contributed by atoms with Crippen molar-refractivity contribution < 1.29 is 0 Å². The van der Waals surface area contributed by atoms with Gasteiger partial charge in [0.2, 0.25) is 0 Å². The summed E-state index contributed by atoms with van der Waals surface area (Å²) in [4.78, 5) is 0. The Morgan fingerprint density at radius 3 is 2.87 bits per heavy atom. The second kappa shape index (κ2) is 4.69. The molecule has 0 fully saturated rings. The summed E-state index contributed by atoms with van der Waals surface area (Å²) < 4.78 is 0. The van der Waals surface area contributed by atoms with Crippen LogP contribution in [0.2, 0.25) is 5.02 Å². The molecule has 1 aromatic carbocycles. The van der Waals surface area contributed by atoms with Gasteiger partial charge in [0.1, 0.15) is 0 Å². The second-order valence-corrected chi connectivity index (χ2v) is 4.65. The number of anilines is 1. The van der Waals surface area contributed by atoms with E-state index in [1.54, 1.807) is 11.3 Å². The highest BCUT2D eigenvalue weighted by Gasteiger charge is 1.99. The van der Waals surface area contributed by atoms with Gasteiger partial charge >= 0.3 is 0 Å². The molecule has 0 bridgehead atoms. The molecular formula is C12H12ClNS. The molecule has 0 radical (unpaired) electrons. The van der Waals surface area contributed by atoms with Crippen LogP contribution in [-0.4, -0.2) is 0 Å². The normalized spacial score (nSPS) is 10.3. The number of benzene rings is 1. The number of aryl methyl sites for hydroxylation is 1. The molecule has 1 heterocycles. The lowest BCUT2D eigenvalue weighted by Gasteiger charge is -2.07. The highest BCUT2D eigenvalue weighted by atomic mass is 35.5. The smallest absolute Gasteiger partial charge is 0.0451 e. The Kier molecular flexibility index (Phi) is 3.29. The average Bonchev–Trinajstić information content (AvgIpc) is 2.69. The van der Waals surface area contributed by atoms with Gasteiger partial charge in [-0.1, -0.05) is 17.7 Å². The fourth-order valence-corrected chi connectivity index (χ4v) is 2.26. The van der Waals surface area contributed by atoms with Gasteiger partial charge in [-0.05, 0) is 41.6 Å². The molecule has 0 aliphatic carbocycles. The number of halogens is 1. The molecule has 0 aliphatic heterocycles. The summed E-state index contributed by atoms with van der Waals surface area (Å²) in [6.07, 6.45) is 0. The van der Waals surface area contributed by atoms with E-state index in [2.05, 4.69) is 35.1 Å². The molecule has 0 saturated carbocycles. The molecule has 78 valence electrons. The molecule has 1 N–H and O–H groups in total. The summed E-state index contributed by atoms with van der Waals surface area (Å²) in [5, 5.41) is 8.34. The van der Waals surface area contributed by atoms with Crippen molar-refractivity contribution in [2.75, 3.05) is 5.32 Å². The molecule has 15 heavy (non-hydrogen) atoms. The number of thiophene rings is 1. The maximum atomic E-state index is 5.90. The van der Waals surface area contributed by atoms with Gasteiger partial charge in [0.05, 0.1) is 0 Å². The fourth-order valence-electron chi connectivity index (χ4n) is 1.42. The van der Waals surface area contributed by atoms with Gasteiger partial charge in [0, 0.05) is 22.6 Å². The average molecular weight is 238 g/mol. The first-order valence-electron chi connectivity index (χ1n) is 4.77. The molecule has 0 aliphatic rings. The lowest BCUT2D eigenvalue weighted by Crippen LogP contribution is -1.99. The first-order valence-corrected chi connectivity index (χ1v) is 6.09. The molecule has 0 spiro atoms. The third kappa shape index (κ3) is 2.74. The molecule has 2 aromatic rings. The predicted octanol–water partition coefficient (Wildman–Crippen LogP) is 4.32. The summed E-state index contributed by atoms with van der Waals surface area (Å²) in [6, 6.07) is 8.07. The summed E-state index contributed by atoms with van der Waals surface area (Å²) >= 11 is 7.60. The monoisotopic (exact) mass is 237 g/mol. The van der Waals surface area contributed by atoms with Crippen LogP contribution in [0.3, 0.4) is 0 Å². The van der Waals surface area contributed by atoms with Crippen molar-refractivity contribution in [3.05, 3.63) is 51.2 Å². The van der Waals surface area contributed by atoms with Crippen LogP contribution >= 0.6 is 22.9 Å². The van der Waals surface area contributed by atoms with E-state index in [1.165, 1.54) is 16.8 Å². The number of nitrogens with one attached hydrogen (secondary N) is 1. The molecule has 1 aromatic heterocycles.